The summed E-state index contributed by atoms with van der Waals surface area (Å²) in [5.74, 6) is -0.914. The van der Waals surface area contributed by atoms with Gasteiger partial charge in [-0.1, -0.05) is 15.9 Å². The molecule has 1 amide bonds. The van der Waals surface area contributed by atoms with Gasteiger partial charge in [0.1, 0.15) is 5.54 Å². The molecule has 1 aliphatic rings. The van der Waals surface area contributed by atoms with Crippen LogP contribution in [-0.2, 0) is 9.59 Å². The summed E-state index contributed by atoms with van der Waals surface area (Å²) >= 11 is 4.78. The number of rotatable bonds is 5. The fourth-order valence-electron chi connectivity index (χ4n) is 2.15. The molecule has 0 radical (unpaired) electrons. The fraction of sp³-hybridized carbons (Fsp3) is 0.429. The third-order valence-corrected chi connectivity index (χ3v) is 4.87. The van der Waals surface area contributed by atoms with E-state index in [1.165, 1.54) is 12.1 Å². The molecule has 1 aromatic rings. The first-order chi connectivity index (χ1) is 10.4. The second-order valence-electron chi connectivity index (χ2n) is 4.91. The van der Waals surface area contributed by atoms with Crippen LogP contribution in [0, 0.1) is 5.82 Å². The monoisotopic (exact) mass is 391 g/mol. The second kappa shape index (κ2) is 7.32. The number of carboxylic acids is 1. The maximum atomic E-state index is 13.6. The van der Waals surface area contributed by atoms with Crippen molar-refractivity contribution in [1.29, 1.82) is 0 Å². The van der Waals surface area contributed by atoms with Crippen LogP contribution in [0.5, 0.6) is 5.75 Å². The largest absolute Gasteiger partial charge is 0.481 e. The lowest BCUT2D eigenvalue weighted by molar-refractivity contribution is -0.148. The second-order valence-corrected chi connectivity index (χ2v) is 7.05. The van der Waals surface area contributed by atoms with Crippen LogP contribution in [0.4, 0.5) is 4.39 Å². The molecule has 5 nitrogen and oxygen atoms in total. The minimum Gasteiger partial charge on any atom is -0.481 e. The lowest BCUT2D eigenvalue weighted by Crippen LogP contribution is -2.57. The van der Waals surface area contributed by atoms with Gasteiger partial charge in [-0.25, -0.2) is 9.18 Å². The van der Waals surface area contributed by atoms with Gasteiger partial charge in [0.05, 0.1) is 0 Å². The summed E-state index contributed by atoms with van der Waals surface area (Å²) in [4.78, 5) is 23.4. The number of hydrogen-bond donors (Lipinski definition) is 2. The quantitative estimate of drug-likeness (QED) is 0.805. The predicted octanol–water partition coefficient (Wildman–Crippen LogP) is 2.43. The van der Waals surface area contributed by atoms with Gasteiger partial charge in [-0.3, -0.25) is 4.79 Å². The van der Waals surface area contributed by atoms with Crippen LogP contribution in [0.15, 0.2) is 22.7 Å². The Hall–Kier alpha value is -1.28. The molecule has 0 aromatic heterocycles. The smallest absolute Gasteiger partial charge is 0.329 e. The topological polar surface area (TPSA) is 75.6 Å². The van der Waals surface area contributed by atoms with Gasteiger partial charge in [0.25, 0.3) is 5.91 Å². The maximum absolute atomic E-state index is 13.6. The summed E-state index contributed by atoms with van der Waals surface area (Å²) in [7, 11) is 0. The van der Waals surface area contributed by atoms with Crippen LogP contribution < -0.4 is 10.1 Å². The molecule has 1 saturated heterocycles. The van der Waals surface area contributed by atoms with Crippen LogP contribution in [0.25, 0.3) is 0 Å². The van der Waals surface area contributed by atoms with Gasteiger partial charge in [-0.05, 0) is 42.5 Å². The van der Waals surface area contributed by atoms with E-state index in [1.807, 2.05) is 0 Å². The van der Waals surface area contributed by atoms with Crippen molar-refractivity contribution < 1.29 is 23.8 Å². The highest BCUT2D eigenvalue weighted by Gasteiger charge is 2.41. The first-order valence-corrected chi connectivity index (χ1v) is 8.58. The first kappa shape index (κ1) is 17.1. The lowest BCUT2D eigenvalue weighted by Gasteiger charge is -2.33. The zero-order valence-electron chi connectivity index (χ0n) is 11.6. The number of nitrogens with one attached hydrogen (secondary N) is 1. The van der Waals surface area contributed by atoms with E-state index in [2.05, 4.69) is 21.2 Å². The fourth-order valence-corrected chi connectivity index (χ4v) is 3.67. The molecule has 22 heavy (non-hydrogen) atoms. The van der Waals surface area contributed by atoms with Gasteiger partial charge in [0.2, 0.25) is 0 Å². The highest BCUT2D eigenvalue weighted by atomic mass is 79.9. The van der Waals surface area contributed by atoms with Crippen molar-refractivity contribution in [3.05, 3.63) is 28.5 Å². The normalized spacial score (nSPS) is 16.8. The van der Waals surface area contributed by atoms with E-state index < -0.39 is 29.8 Å². The van der Waals surface area contributed by atoms with Gasteiger partial charge in [0.15, 0.2) is 18.2 Å². The minimum absolute atomic E-state index is 0.0538. The van der Waals surface area contributed by atoms with Crippen molar-refractivity contribution in [2.24, 2.45) is 0 Å². The molecule has 1 heterocycles. The number of benzene rings is 1. The van der Waals surface area contributed by atoms with Crippen molar-refractivity contribution in [3.63, 3.8) is 0 Å². The average Bonchev–Trinajstić information content (AvgIpc) is 2.47. The molecule has 0 aliphatic carbocycles. The van der Waals surface area contributed by atoms with E-state index in [0.29, 0.717) is 28.8 Å². The Bertz CT molecular complexity index is 578. The van der Waals surface area contributed by atoms with Crippen LogP contribution in [0.2, 0.25) is 0 Å². The molecule has 8 heteroatoms. The number of ether oxygens (including phenoxy) is 1. The summed E-state index contributed by atoms with van der Waals surface area (Å²) in [6.07, 6.45) is 0.733. The molecule has 2 N–H and O–H groups in total. The van der Waals surface area contributed by atoms with Crippen molar-refractivity contribution in [1.82, 2.24) is 5.32 Å². The summed E-state index contributed by atoms with van der Waals surface area (Å²) in [5.41, 5.74) is -1.25. The third kappa shape index (κ3) is 4.13. The molecular formula is C14H15BrFNO4S. The highest BCUT2D eigenvalue weighted by molar-refractivity contribution is 9.10. The summed E-state index contributed by atoms with van der Waals surface area (Å²) in [6.45, 7) is -0.430. The van der Waals surface area contributed by atoms with E-state index in [4.69, 9.17) is 4.74 Å². The molecule has 0 atom stereocenters. The van der Waals surface area contributed by atoms with E-state index in [-0.39, 0.29) is 5.75 Å². The summed E-state index contributed by atoms with van der Waals surface area (Å²) in [6, 6.07) is 4.22. The molecule has 1 aromatic carbocycles. The maximum Gasteiger partial charge on any atom is 0.329 e. The number of halogens is 2. The molecule has 0 saturated carbocycles. The van der Waals surface area contributed by atoms with Gasteiger partial charge < -0.3 is 15.2 Å². The first-order valence-electron chi connectivity index (χ1n) is 6.63. The lowest BCUT2D eigenvalue weighted by atomic mass is 9.92. The zero-order chi connectivity index (χ0) is 16.2. The molecular weight excluding hydrogens is 377 g/mol. The molecule has 0 spiro atoms. The standard InChI is InChI=1S/C14H15BrFNO4S/c15-9-1-2-11(10(16)7-9)21-8-12(18)17-14(13(19)20)3-5-22-6-4-14/h1-2,7H,3-6,8H2,(H,17,18)(H,19,20). The van der Waals surface area contributed by atoms with Gasteiger partial charge in [-0.2, -0.15) is 11.8 Å². The predicted molar refractivity (Wildman–Crippen MR) is 84.7 cm³/mol. The third-order valence-electron chi connectivity index (χ3n) is 3.39. The number of aliphatic carboxylic acids is 1. The van der Waals surface area contributed by atoms with Gasteiger partial charge >= 0.3 is 5.97 Å². The summed E-state index contributed by atoms with van der Waals surface area (Å²) < 4.78 is 19.3. The molecule has 1 aliphatic heterocycles. The Kier molecular flexibility index (Phi) is 5.69. The Labute approximate surface area is 139 Å². The molecule has 0 bridgehead atoms. The van der Waals surface area contributed by atoms with Crippen LogP contribution in [-0.4, -0.2) is 40.6 Å². The molecule has 0 unspecified atom stereocenters. The van der Waals surface area contributed by atoms with Crippen molar-refractivity contribution in [2.45, 2.75) is 18.4 Å². The van der Waals surface area contributed by atoms with Crippen LogP contribution in [0.1, 0.15) is 12.8 Å². The minimum atomic E-state index is -1.25. The molecule has 120 valence electrons. The van der Waals surface area contributed by atoms with Crippen LogP contribution >= 0.6 is 27.7 Å². The summed E-state index contributed by atoms with van der Waals surface area (Å²) in [5, 5.41) is 11.9. The highest BCUT2D eigenvalue weighted by Crippen LogP contribution is 2.27. The van der Waals surface area contributed by atoms with E-state index in [0.717, 1.165) is 0 Å². The Balaban J connectivity index is 1.95. The van der Waals surface area contributed by atoms with Crippen molar-refractivity contribution >= 4 is 39.6 Å². The van der Waals surface area contributed by atoms with Crippen molar-refractivity contribution in [2.75, 3.05) is 18.1 Å². The molecule has 1 fully saturated rings. The number of hydrogen-bond acceptors (Lipinski definition) is 4. The number of carboxylic acid groups (broad SMARTS) is 1. The van der Waals surface area contributed by atoms with Gasteiger partial charge in [-0.15, -0.1) is 0 Å². The Morgan fingerprint density at radius 3 is 2.68 bits per heavy atom. The number of carbonyl (C=O) groups is 2. The van der Waals surface area contributed by atoms with E-state index >= 15 is 0 Å². The number of thioether (sulfide) groups is 1. The van der Waals surface area contributed by atoms with E-state index in [1.54, 1.807) is 17.8 Å². The van der Waals surface area contributed by atoms with Crippen LogP contribution in [0.3, 0.4) is 0 Å². The molecule has 2 rings (SSSR count). The Morgan fingerprint density at radius 1 is 1.41 bits per heavy atom. The number of amides is 1. The van der Waals surface area contributed by atoms with E-state index in [9.17, 15) is 19.1 Å². The zero-order valence-corrected chi connectivity index (χ0v) is 14.0. The van der Waals surface area contributed by atoms with Gasteiger partial charge in [0, 0.05) is 4.47 Å². The number of carbonyl (C=O) groups excluding carboxylic acids is 1. The Morgan fingerprint density at radius 2 is 2.09 bits per heavy atom. The average molecular weight is 392 g/mol. The SMILES string of the molecule is O=C(COc1ccc(Br)cc1F)NC1(C(=O)O)CCSCC1. The van der Waals surface area contributed by atoms with Crippen molar-refractivity contribution in [3.8, 4) is 5.75 Å².